The van der Waals surface area contributed by atoms with Crippen LogP contribution in [0.15, 0.2) is 24.4 Å². The van der Waals surface area contributed by atoms with Crippen molar-refractivity contribution in [3.63, 3.8) is 0 Å². The summed E-state index contributed by atoms with van der Waals surface area (Å²) in [6, 6.07) is 5.44. The monoisotopic (exact) mass is 203 g/mol. The normalized spacial score (nSPS) is 10.5. The lowest BCUT2D eigenvalue weighted by atomic mass is 10.0. The molecule has 0 aliphatic rings. The summed E-state index contributed by atoms with van der Waals surface area (Å²) in [7, 11) is 0. The van der Waals surface area contributed by atoms with E-state index in [1.807, 2.05) is 13.0 Å². The van der Waals surface area contributed by atoms with Crippen LogP contribution in [-0.2, 0) is 12.8 Å². The molecule has 1 heterocycles. The van der Waals surface area contributed by atoms with Crippen molar-refractivity contribution in [3.05, 3.63) is 41.2 Å². The van der Waals surface area contributed by atoms with E-state index in [9.17, 15) is 5.11 Å². The van der Waals surface area contributed by atoms with E-state index in [1.54, 1.807) is 18.3 Å². The van der Waals surface area contributed by atoms with Crippen LogP contribution in [0.25, 0.3) is 0 Å². The minimum Gasteiger partial charge on any atom is -0.508 e. The first-order valence-corrected chi connectivity index (χ1v) is 4.89. The maximum atomic E-state index is 9.26. The molecule has 0 spiro atoms. The average Bonchev–Trinajstić information content (AvgIpc) is 2.69. The van der Waals surface area contributed by atoms with Crippen LogP contribution in [-0.4, -0.2) is 20.5 Å². The number of aromatic amines is 1. The van der Waals surface area contributed by atoms with Crippen molar-refractivity contribution in [1.82, 2.24) is 15.4 Å². The summed E-state index contributed by atoms with van der Waals surface area (Å²) in [5.74, 6) is 0.317. The minimum atomic E-state index is 0.317. The van der Waals surface area contributed by atoms with Gasteiger partial charge in [-0.25, -0.2) is 0 Å². The maximum absolute atomic E-state index is 9.26. The SMILES string of the molecule is Cc1cc(O)ccc1CCc1cn[nH]n1. The highest BCUT2D eigenvalue weighted by atomic mass is 16.3. The number of aryl methyl sites for hydroxylation is 3. The fourth-order valence-electron chi connectivity index (χ4n) is 1.57. The molecule has 0 unspecified atom stereocenters. The van der Waals surface area contributed by atoms with E-state index in [4.69, 9.17) is 0 Å². The molecule has 1 aromatic heterocycles. The molecule has 0 amide bonds. The highest BCUT2D eigenvalue weighted by Gasteiger charge is 2.01. The Bertz CT molecular complexity index is 437. The van der Waals surface area contributed by atoms with E-state index in [2.05, 4.69) is 15.4 Å². The zero-order valence-electron chi connectivity index (χ0n) is 8.57. The lowest BCUT2D eigenvalue weighted by molar-refractivity contribution is 0.474. The molecule has 2 rings (SSSR count). The number of rotatable bonds is 3. The number of hydrogen-bond donors (Lipinski definition) is 2. The summed E-state index contributed by atoms with van der Waals surface area (Å²) < 4.78 is 0. The highest BCUT2D eigenvalue weighted by molar-refractivity contribution is 5.34. The Kier molecular flexibility index (Phi) is 2.67. The van der Waals surface area contributed by atoms with Gasteiger partial charge in [-0.15, -0.1) is 0 Å². The van der Waals surface area contributed by atoms with Gasteiger partial charge in [0, 0.05) is 0 Å². The molecule has 0 aliphatic carbocycles. The first kappa shape index (κ1) is 9.71. The average molecular weight is 203 g/mol. The molecular formula is C11H13N3O. The molecule has 0 saturated heterocycles. The van der Waals surface area contributed by atoms with Crippen molar-refractivity contribution in [2.24, 2.45) is 0 Å². The van der Waals surface area contributed by atoms with Gasteiger partial charge in [0.2, 0.25) is 0 Å². The first-order valence-electron chi connectivity index (χ1n) is 4.89. The predicted molar refractivity (Wildman–Crippen MR) is 56.6 cm³/mol. The number of aromatic nitrogens is 3. The van der Waals surface area contributed by atoms with Crippen molar-refractivity contribution in [2.75, 3.05) is 0 Å². The van der Waals surface area contributed by atoms with Gasteiger partial charge in [-0.05, 0) is 43.0 Å². The topological polar surface area (TPSA) is 61.8 Å². The molecule has 0 fully saturated rings. The van der Waals surface area contributed by atoms with Gasteiger partial charge in [-0.2, -0.15) is 15.4 Å². The Morgan fingerprint density at radius 2 is 2.20 bits per heavy atom. The van der Waals surface area contributed by atoms with E-state index in [0.29, 0.717) is 5.75 Å². The summed E-state index contributed by atoms with van der Waals surface area (Å²) in [6.07, 6.45) is 3.51. The van der Waals surface area contributed by atoms with E-state index in [0.717, 1.165) is 24.1 Å². The summed E-state index contributed by atoms with van der Waals surface area (Å²) in [6.45, 7) is 2.00. The molecule has 78 valence electrons. The first-order chi connectivity index (χ1) is 7.25. The fraction of sp³-hybridized carbons (Fsp3) is 0.273. The van der Waals surface area contributed by atoms with E-state index in [-0.39, 0.29) is 0 Å². The van der Waals surface area contributed by atoms with Gasteiger partial charge in [-0.3, -0.25) is 0 Å². The quantitative estimate of drug-likeness (QED) is 0.796. The lowest BCUT2D eigenvalue weighted by Crippen LogP contribution is -1.94. The zero-order valence-corrected chi connectivity index (χ0v) is 8.57. The molecule has 4 heteroatoms. The van der Waals surface area contributed by atoms with Crippen molar-refractivity contribution >= 4 is 0 Å². The van der Waals surface area contributed by atoms with Crippen molar-refractivity contribution in [1.29, 1.82) is 0 Å². The highest BCUT2D eigenvalue weighted by Crippen LogP contribution is 2.16. The molecule has 2 aromatic rings. The Hall–Kier alpha value is -1.84. The molecule has 0 radical (unpaired) electrons. The van der Waals surface area contributed by atoms with Crippen molar-refractivity contribution in [2.45, 2.75) is 19.8 Å². The van der Waals surface area contributed by atoms with E-state index >= 15 is 0 Å². The van der Waals surface area contributed by atoms with Crippen LogP contribution in [0.4, 0.5) is 0 Å². The Labute approximate surface area is 88.0 Å². The van der Waals surface area contributed by atoms with Crippen LogP contribution in [0, 0.1) is 6.92 Å². The number of nitrogens with zero attached hydrogens (tertiary/aromatic N) is 2. The third-order valence-electron chi connectivity index (χ3n) is 2.44. The summed E-state index contributed by atoms with van der Waals surface area (Å²) in [4.78, 5) is 0. The van der Waals surface area contributed by atoms with Crippen LogP contribution >= 0.6 is 0 Å². The van der Waals surface area contributed by atoms with Crippen LogP contribution in [0.1, 0.15) is 16.8 Å². The number of phenols is 1. The van der Waals surface area contributed by atoms with Gasteiger partial charge in [-0.1, -0.05) is 6.07 Å². The van der Waals surface area contributed by atoms with Gasteiger partial charge in [0.15, 0.2) is 0 Å². The van der Waals surface area contributed by atoms with Crippen molar-refractivity contribution in [3.8, 4) is 5.75 Å². The molecule has 0 saturated carbocycles. The second-order valence-corrected chi connectivity index (χ2v) is 3.57. The molecule has 0 atom stereocenters. The molecule has 1 aromatic carbocycles. The molecule has 2 N–H and O–H groups in total. The molecule has 4 nitrogen and oxygen atoms in total. The third-order valence-corrected chi connectivity index (χ3v) is 2.44. The van der Waals surface area contributed by atoms with Crippen molar-refractivity contribution < 1.29 is 5.11 Å². The van der Waals surface area contributed by atoms with Crippen LogP contribution < -0.4 is 0 Å². The number of aromatic hydroxyl groups is 1. The second-order valence-electron chi connectivity index (χ2n) is 3.57. The van der Waals surface area contributed by atoms with Crippen LogP contribution in [0.5, 0.6) is 5.75 Å². The van der Waals surface area contributed by atoms with Gasteiger partial charge >= 0.3 is 0 Å². The molecule has 0 bridgehead atoms. The Balaban J connectivity index is 2.05. The number of nitrogens with one attached hydrogen (secondary N) is 1. The Morgan fingerprint density at radius 1 is 1.33 bits per heavy atom. The summed E-state index contributed by atoms with van der Waals surface area (Å²) >= 11 is 0. The predicted octanol–water partition coefficient (Wildman–Crippen LogP) is 1.60. The smallest absolute Gasteiger partial charge is 0.115 e. The Morgan fingerprint density at radius 3 is 2.87 bits per heavy atom. The lowest BCUT2D eigenvalue weighted by Gasteiger charge is -2.04. The number of benzene rings is 1. The standard InChI is InChI=1S/C11H13N3O/c1-8-6-11(15)5-3-9(8)2-4-10-7-12-14-13-10/h3,5-7,15H,2,4H2,1H3,(H,12,13,14). The van der Waals surface area contributed by atoms with Gasteiger partial charge < -0.3 is 5.11 Å². The fourth-order valence-corrected chi connectivity index (χ4v) is 1.57. The minimum absolute atomic E-state index is 0.317. The third kappa shape index (κ3) is 2.34. The molecular weight excluding hydrogens is 190 g/mol. The second kappa shape index (κ2) is 4.13. The molecule has 0 aliphatic heterocycles. The van der Waals surface area contributed by atoms with Gasteiger partial charge in [0.1, 0.15) is 5.75 Å². The van der Waals surface area contributed by atoms with E-state index in [1.165, 1.54) is 5.56 Å². The zero-order chi connectivity index (χ0) is 10.7. The summed E-state index contributed by atoms with van der Waals surface area (Å²) in [5, 5.41) is 19.6. The number of phenolic OH excluding ortho intramolecular Hbond substituents is 1. The number of hydrogen-bond acceptors (Lipinski definition) is 3. The van der Waals surface area contributed by atoms with Crippen LogP contribution in [0.2, 0.25) is 0 Å². The maximum Gasteiger partial charge on any atom is 0.115 e. The largest absolute Gasteiger partial charge is 0.508 e. The van der Waals surface area contributed by atoms with Gasteiger partial charge in [0.25, 0.3) is 0 Å². The number of H-pyrrole nitrogens is 1. The van der Waals surface area contributed by atoms with Crippen LogP contribution in [0.3, 0.4) is 0 Å². The van der Waals surface area contributed by atoms with Gasteiger partial charge in [0.05, 0.1) is 11.9 Å². The summed E-state index contributed by atoms with van der Waals surface area (Å²) in [5.41, 5.74) is 3.30. The van der Waals surface area contributed by atoms with E-state index < -0.39 is 0 Å². The molecule has 15 heavy (non-hydrogen) atoms.